The van der Waals surface area contributed by atoms with Gasteiger partial charge in [-0.05, 0) is 51.1 Å². The molecule has 2 aliphatic rings. The second kappa shape index (κ2) is 10.1. The van der Waals surface area contributed by atoms with Gasteiger partial charge in [0.2, 0.25) is 16.0 Å². The van der Waals surface area contributed by atoms with E-state index >= 15 is 0 Å². The molecule has 0 spiro atoms. The molecule has 204 valence electrons. The lowest BCUT2D eigenvalue weighted by atomic mass is 9.92. The molecule has 0 bridgehead atoms. The fourth-order valence-corrected chi connectivity index (χ4v) is 6.18. The molecule has 2 aliphatic heterocycles. The second-order valence-electron chi connectivity index (χ2n) is 10.1. The summed E-state index contributed by atoms with van der Waals surface area (Å²) in [7, 11) is -3.77. The van der Waals surface area contributed by atoms with Crippen LogP contribution in [0.15, 0.2) is 55.0 Å². The van der Waals surface area contributed by atoms with Gasteiger partial charge in [-0.15, -0.1) is 0 Å². The SMILES string of the molecule is Cc1ccc(-n2nc(C3CCN(C4CN(S(=O)(=O)CF)C4)CC3)cc2NC(=O)c2cnn3cccnc23)cc1. The standard InChI is InChI=1S/C26H29FN8O3S/c1-18-3-5-20(6-4-18)35-24(30-26(36)22-14-29-34-10-2-9-28-25(22)34)13-23(31-35)19-7-11-32(12-8-19)21-15-33(16-21)39(37,38)17-27/h2-6,9-10,13-14,19,21H,7-8,11-12,15-17H2,1H3,(H,30,36). The maximum absolute atomic E-state index is 13.3. The number of sulfonamides is 1. The first-order valence-corrected chi connectivity index (χ1v) is 14.5. The number of amides is 1. The van der Waals surface area contributed by atoms with Crippen molar-refractivity contribution in [2.45, 2.75) is 31.7 Å². The van der Waals surface area contributed by atoms with E-state index in [1.807, 2.05) is 37.3 Å². The minimum absolute atomic E-state index is 0.117. The van der Waals surface area contributed by atoms with Gasteiger partial charge in [0.05, 0.1) is 17.6 Å². The van der Waals surface area contributed by atoms with E-state index in [2.05, 4.69) is 20.3 Å². The number of anilines is 1. The van der Waals surface area contributed by atoms with Crippen molar-refractivity contribution in [3.05, 3.63) is 71.8 Å². The van der Waals surface area contributed by atoms with E-state index in [1.54, 1.807) is 27.7 Å². The van der Waals surface area contributed by atoms with Crippen LogP contribution in [0.1, 0.15) is 40.4 Å². The van der Waals surface area contributed by atoms with Crippen molar-refractivity contribution in [1.82, 2.24) is 33.6 Å². The lowest BCUT2D eigenvalue weighted by Crippen LogP contribution is -2.62. The van der Waals surface area contributed by atoms with Crippen LogP contribution in [0, 0.1) is 6.92 Å². The Morgan fingerprint density at radius 3 is 2.62 bits per heavy atom. The number of halogens is 1. The van der Waals surface area contributed by atoms with Crippen molar-refractivity contribution < 1.29 is 17.6 Å². The van der Waals surface area contributed by atoms with Crippen molar-refractivity contribution in [2.24, 2.45) is 0 Å². The van der Waals surface area contributed by atoms with Gasteiger partial charge >= 0.3 is 0 Å². The lowest BCUT2D eigenvalue weighted by molar-refractivity contribution is 0.0655. The summed E-state index contributed by atoms with van der Waals surface area (Å²) in [6.45, 7) is 4.29. The number of aromatic nitrogens is 5. The molecule has 0 atom stereocenters. The summed E-state index contributed by atoms with van der Waals surface area (Å²) in [6, 6.07) is 10.4. The zero-order chi connectivity index (χ0) is 27.1. The molecule has 13 heteroatoms. The molecule has 2 fully saturated rings. The number of fused-ring (bicyclic) bond motifs is 1. The van der Waals surface area contributed by atoms with Gasteiger partial charge in [-0.3, -0.25) is 9.69 Å². The molecular weight excluding hydrogens is 523 g/mol. The van der Waals surface area contributed by atoms with Crippen LogP contribution in [0.25, 0.3) is 11.3 Å². The molecule has 6 rings (SSSR count). The lowest BCUT2D eigenvalue weighted by Gasteiger charge is -2.46. The van der Waals surface area contributed by atoms with E-state index in [0.717, 1.165) is 42.9 Å². The number of carbonyl (C=O) groups is 1. The third-order valence-corrected chi connectivity index (χ3v) is 8.96. The first-order chi connectivity index (χ1) is 18.8. The second-order valence-corrected chi connectivity index (χ2v) is 12.0. The van der Waals surface area contributed by atoms with Crippen LogP contribution in [0.2, 0.25) is 0 Å². The Kier molecular flexibility index (Phi) is 6.65. The number of aryl methyl sites for hydroxylation is 1. The van der Waals surface area contributed by atoms with E-state index in [1.165, 1.54) is 10.5 Å². The maximum Gasteiger partial charge on any atom is 0.262 e. The van der Waals surface area contributed by atoms with E-state index in [4.69, 9.17) is 5.10 Å². The number of likely N-dealkylation sites (tertiary alicyclic amines) is 1. The molecule has 1 N–H and O–H groups in total. The fourth-order valence-electron chi connectivity index (χ4n) is 5.25. The number of nitrogens with one attached hydrogen (secondary N) is 1. The molecule has 2 saturated heterocycles. The molecule has 4 aromatic rings. The van der Waals surface area contributed by atoms with Crippen LogP contribution in [0.4, 0.5) is 10.2 Å². The van der Waals surface area contributed by atoms with Crippen molar-refractivity contribution in [1.29, 1.82) is 0 Å². The van der Waals surface area contributed by atoms with Crippen molar-refractivity contribution in [3.8, 4) is 5.69 Å². The summed E-state index contributed by atoms with van der Waals surface area (Å²) < 4.78 is 40.7. The number of nitrogens with zero attached hydrogens (tertiary/aromatic N) is 7. The Hall–Kier alpha value is -3.68. The molecule has 11 nitrogen and oxygen atoms in total. The number of benzene rings is 1. The van der Waals surface area contributed by atoms with Gasteiger partial charge in [0, 0.05) is 43.5 Å². The molecule has 0 saturated carbocycles. The molecule has 1 aromatic carbocycles. The molecule has 5 heterocycles. The molecule has 0 unspecified atom stereocenters. The number of rotatable bonds is 7. The number of hydrogen-bond donors (Lipinski definition) is 1. The highest BCUT2D eigenvalue weighted by molar-refractivity contribution is 7.88. The highest BCUT2D eigenvalue weighted by Gasteiger charge is 2.40. The highest BCUT2D eigenvalue weighted by atomic mass is 32.2. The van der Waals surface area contributed by atoms with Gasteiger partial charge in [-0.25, -0.2) is 27.0 Å². The van der Waals surface area contributed by atoms with Gasteiger partial charge in [0.1, 0.15) is 11.4 Å². The fraction of sp³-hybridized carbons (Fsp3) is 0.385. The van der Waals surface area contributed by atoms with Crippen LogP contribution >= 0.6 is 0 Å². The average Bonchev–Trinajstić information content (AvgIpc) is 3.53. The number of carbonyl (C=O) groups excluding carboxylic acids is 1. The first kappa shape index (κ1) is 25.6. The Morgan fingerprint density at radius 2 is 1.90 bits per heavy atom. The van der Waals surface area contributed by atoms with Crippen LogP contribution in [0.3, 0.4) is 0 Å². The number of hydrogen-bond acceptors (Lipinski definition) is 7. The quantitative estimate of drug-likeness (QED) is 0.375. The minimum atomic E-state index is -3.77. The molecule has 3 aromatic heterocycles. The summed E-state index contributed by atoms with van der Waals surface area (Å²) in [5.74, 6) is 0.423. The van der Waals surface area contributed by atoms with Gasteiger partial charge in [-0.1, -0.05) is 17.7 Å². The van der Waals surface area contributed by atoms with Gasteiger partial charge in [-0.2, -0.15) is 14.5 Å². The van der Waals surface area contributed by atoms with E-state index < -0.39 is 16.0 Å². The zero-order valence-electron chi connectivity index (χ0n) is 21.4. The number of alkyl halides is 1. The maximum atomic E-state index is 13.3. The van der Waals surface area contributed by atoms with E-state index in [0.29, 0.717) is 30.1 Å². The Morgan fingerprint density at radius 1 is 1.15 bits per heavy atom. The first-order valence-electron chi connectivity index (χ1n) is 12.9. The minimum Gasteiger partial charge on any atom is -0.306 e. The summed E-state index contributed by atoms with van der Waals surface area (Å²) in [4.78, 5) is 19.8. The number of piperidine rings is 1. The molecular formula is C26H29FN8O3S. The van der Waals surface area contributed by atoms with Crippen LogP contribution in [-0.4, -0.2) is 86.1 Å². The van der Waals surface area contributed by atoms with E-state index in [9.17, 15) is 17.6 Å². The third kappa shape index (κ3) is 4.92. The highest BCUT2D eigenvalue weighted by Crippen LogP contribution is 2.33. The Bertz CT molecular complexity index is 1600. The summed E-state index contributed by atoms with van der Waals surface area (Å²) >= 11 is 0. The van der Waals surface area contributed by atoms with Gasteiger partial charge in [0.25, 0.3) is 5.91 Å². The largest absolute Gasteiger partial charge is 0.306 e. The molecule has 0 aliphatic carbocycles. The smallest absolute Gasteiger partial charge is 0.262 e. The summed E-state index contributed by atoms with van der Waals surface area (Å²) in [5, 5.41) is 12.1. The third-order valence-electron chi connectivity index (χ3n) is 7.60. The molecule has 0 radical (unpaired) electrons. The van der Waals surface area contributed by atoms with Crippen LogP contribution in [-0.2, 0) is 10.0 Å². The Balaban J connectivity index is 1.20. The Labute approximate surface area is 225 Å². The zero-order valence-corrected chi connectivity index (χ0v) is 22.3. The van der Waals surface area contributed by atoms with Crippen molar-refractivity contribution in [3.63, 3.8) is 0 Å². The summed E-state index contributed by atoms with van der Waals surface area (Å²) in [5.41, 5.74) is 3.68. The predicted octanol–water partition coefficient (Wildman–Crippen LogP) is 2.60. The van der Waals surface area contributed by atoms with Gasteiger partial charge < -0.3 is 5.32 Å². The topological polar surface area (TPSA) is 118 Å². The monoisotopic (exact) mass is 552 g/mol. The molecule has 39 heavy (non-hydrogen) atoms. The normalized spacial score (nSPS) is 17.9. The summed E-state index contributed by atoms with van der Waals surface area (Å²) in [6.07, 6.45) is 6.56. The molecule has 1 amide bonds. The van der Waals surface area contributed by atoms with Crippen LogP contribution in [0.5, 0.6) is 0 Å². The van der Waals surface area contributed by atoms with Crippen molar-refractivity contribution >= 4 is 27.4 Å². The van der Waals surface area contributed by atoms with Crippen molar-refractivity contribution in [2.75, 3.05) is 37.5 Å². The van der Waals surface area contributed by atoms with Gasteiger partial charge in [0.15, 0.2) is 5.65 Å². The average molecular weight is 553 g/mol. The predicted molar refractivity (Wildman–Crippen MR) is 143 cm³/mol. The van der Waals surface area contributed by atoms with E-state index in [-0.39, 0.29) is 17.9 Å². The van der Waals surface area contributed by atoms with Crippen LogP contribution < -0.4 is 5.32 Å².